The van der Waals surface area contributed by atoms with Gasteiger partial charge in [0.1, 0.15) is 0 Å². The van der Waals surface area contributed by atoms with Gasteiger partial charge in [-0.3, -0.25) is 4.72 Å². The normalized spacial score (nSPS) is 11.4. The molecule has 0 aliphatic carbocycles. The van der Waals surface area contributed by atoms with Crippen molar-refractivity contribution in [3.05, 3.63) is 55.6 Å². The number of sulfonamides is 1. The predicted molar refractivity (Wildman–Crippen MR) is 94.8 cm³/mol. The highest BCUT2D eigenvalue weighted by atomic mass is 127. The Bertz CT molecular complexity index is 778. The monoisotopic (exact) mass is 481 g/mol. The standard InChI is InChI=1S/C14H13BrINO3S/c1-9-13(15)5-10(8-18)6-14(9)21(19,20)17-12-4-2-3-11(16)7-12/h2-7,17-18H,8H2,1H3. The first-order valence-electron chi connectivity index (χ1n) is 6.02. The van der Waals surface area contributed by atoms with Crippen LogP contribution in [-0.2, 0) is 16.6 Å². The molecule has 112 valence electrons. The molecule has 7 heteroatoms. The van der Waals surface area contributed by atoms with Gasteiger partial charge in [0.15, 0.2) is 0 Å². The van der Waals surface area contributed by atoms with E-state index in [4.69, 9.17) is 0 Å². The lowest BCUT2D eigenvalue weighted by atomic mass is 10.2. The van der Waals surface area contributed by atoms with Gasteiger partial charge in [0, 0.05) is 13.7 Å². The summed E-state index contributed by atoms with van der Waals surface area (Å²) >= 11 is 5.44. The molecule has 0 fully saturated rings. The lowest BCUT2D eigenvalue weighted by molar-refractivity contribution is 0.281. The highest BCUT2D eigenvalue weighted by Gasteiger charge is 2.19. The molecule has 0 radical (unpaired) electrons. The molecule has 4 nitrogen and oxygen atoms in total. The van der Waals surface area contributed by atoms with E-state index in [0.29, 0.717) is 21.3 Å². The molecule has 0 saturated carbocycles. The Hall–Kier alpha value is -0.640. The highest BCUT2D eigenvalue weighted by molar-refractivity contribution is 14.1. The minimum absolute atomic E-state index is 0.153. The number of hydrogen-bond acceptors (Lipinski definition) is 3. The van der Waals surface area contributed by atoms with Crippen molar-refractivity contribution in [2.45, 2.75) is 18.4 Å². The first-order chi connectivity index (χ1) is 9.83. The molecule has 2 rings (SSSR count). The molecule has 2 aromatic carbocycles. The number of halogens is 2. The Labute approximate surface area is 145 Å². The van der Waals surface area contributed by atoms with Crippen LogP contribution in [0.2, 0.25) is 0 Å². The van der Waals surface area contributed by atoms with E-state index in [2.05, 4.69) is 43.2 Å². The zero-order chi connectivity index (χ0) is 15.6. The predicted octanol–water partition coefficient (Wildman–Crippen LogP) is 3.66. The summed E-state index contributed by atoms with van der Waals surface area (Å²) in [5.74, 6) is 0. The Balaban J connectivity index is 2.47. The second-order valence-corrected chi connectivity index (χ2v) is 8.23. The lowest BCUT2D eigenvalue weighted by Gasteiger charge is -2.13. The number of aliphatic hydroxyl groups is 1. The van der Waals surface area contributed by atoms with E-state index in [1.165, 1.54) is 6.07 Å². The third-order valence-corrected chi connectivity index (χ3v) is 5.91. The zero-order valence-corrected chi connectivity index (χ0v) is 15.7. The molecule has 0 spiro atoms. The van der Waals surface area contributed by atoms with Crippen LogP contribution < -0.4 is 4.72 Å². The van der Waals surface area contributed by atoms with Crippen LogP contribution in [0, 0.1) is 10.5 Å². The van der Waals surface area contributed by atoms with Crippen molar-refractivity contribution in [2.75, 3.05) is 4.72 Å². The van der Waals surface area contributed by atoms with E-state index in [9.17, 15) is 13.5 Å². The van der Waals surface area contributed by atoms with Gasteiger partial charge in [0.05, 0.1) is 11.5 Å². The Morgan fingerprint density at radius 1 is 1.29 bits per heavy atom. The summed E-state index contributed by atoms with van der Waals surface area (Å²) < 4.78 is 29.2. The summed E-state index contributed by atoms with van der Waals surface area (Å²) in [6.07, 6.45) is 0. The van der Waals surface area contributed by atoms with Gasteiger partial charge in [-0.25, -0.2) is 8.42 Å². The van der Waals surface area contributed by atoms with E-state index >= 15 is 0 Å². The number of nitrogens with one attached hydrogen (secondary N) is 1. The Morgan fingerprint density at radius 3 is 2.62 bits per heavy atom. The van der Waals surface area contributed by atoms with Crippen LogP contribution in [0.5, 0.6) is 0 Å². The molecule has 0 aromatic heterocycles. The maximum absolute atomic E-state index is 12.5. The van der Waals surface area contributed by atoms with Gasteiger partial charge in [-0.2, -0.15) is 0 Å². The summed E-state index contributed by atoms with van der Waals surface area (Å²) in [7, 11) is -3.71. The minimum Gasteiger partial charge on any atom is -0.392 e. The van der Waals surface area contributed by atoms with Crippen molar-refractivity contribution < 1.29 is 13.5 Å². The number of anilines is 1. The van der Waals surface area contributed by atoms with Crippen LogP contribution >= 0.6 is 38.5 Å². The van der Waals surface area contributed by atoms with E-state index in [1.807, 2.05) is 6.07 Å². The highest BCUT2D eigenvalue weighted by Crippen LogP contribution is 2.27. The first-order valence-corrected chi connectivity index (χ1v) is 9.37. The SMILES string of the molecule is Cc1c(Br)cc(CO)cc1S(=O)(=O)Nc1cccc(I)c1. The molecule has 2 aromatic rings. The zero-order valence-electron chi connectivity index (χ0n) is 11.1. The van der Waals surface area contributed by atoms with E-state index in [-0.39, 0.29) is 11.5 Å². The van der Waals surface area contributed by atoms with Gasteiger partial charge in [0.2, 0.25) is 0 Å². The number of benzene rings is 2. The van der Waals surface area contributed by atoms with Crippen LogP contribution in [0.1, 0.15) is 11.1 Å². The van der Waals surface area contributed by atoms with Crippen LogP contribution in [-0.4, -0.2) is 13.5 Å². The van der Waals surface area contributed by atoms with Crippen LogP contribution in [0.25, 0.3) is 0 Å². The van der Waals surface area contributed by atoms with Crippen molar-refractivity contribution in [2.24, 2.45) is 0 Å². The van der Waals surface area contributed by atoms with Crippen molar-refractivity contribution in [1.29, 1.82) is 0 Å². The van der Waals surface area contributed by atoms with Gasteiger partial charge >= 0.3 is 0 Å². The second kappa shape index (κ2) is 6.64. The second-order valence-electron chi connectivity index (χ2n) is 4.47. The molecular weight excluding hydrogens is 469 g/mol. The Kier molecular flexibility index (Phi) is 5.29. The largest absolute Gasteiger partial charge is 0.392 e. The molecule has 0 unspecified atom stereocenters. The number of aliphatic hydroxyl groups excluding tert-OH is 1. The fourth-order valence-corrected chi connectivity index (χ4v) is 4.39. The number of hydrogen-bond donors (Lipinski definition) is 2. The van der Waals surface area contributed by atoms with Crippen LogP contribution in [0.4, 0.5) is 5.69 Å². The molecule has 2 N–H and O–H groups in total. The average Bonchev–Trinajstić information content (AvgIpc) is 2.41. The maximum atomic E-state index is 12.5. The summed E-state index contributed by atoms with van der Waals surface area (Å²) in [5.41, 5.74) is 1.65. The summed E-state index contributed by atoms with van der Waals surface area (Å²) in [6.45, 7) is 1.50. The van der Waals surface area contributed by atoms with E-state index in [0.717, 1.165) is 3.57 Å². The van der Waals surface area contributed by atoms with Crippen LogP contribution in [0.3, 0.4) is 0 Å². The molecule has 0 heterocycles. The molecule has 0 aliphatic heterocycles. The van der Waals surface area contributed by atoms with Crippen molar-refractivity contribution in [3.63, 3.8) is 0 Å². The summed E-state index contributed by atoms with van der Waals surface area (Å²) in [5, 5.41) is 9.23. The third-order valence-electron chi connectivity index (χ3n) is 2.91. The van der Waals surface area contributed by atoms with Gasteiger partial charge in [-0.1, -0.05) is 22.0 Å². The maximum Gasteiger partial charge on any atom is 0.262 e. The number of rotatable bonds is 4. The van der Waals surface area contributed by atoms with E-state index < -0.39 is 10.0 Å². The molecule has 0 saturated heterocycles. The van der Waals surface area contributed by atoms with Crippen LogP contribution in [0.15, 0.2) is 45.8 Å². The Morgan fingerprint density at radius 2 is 2.00 bits per heavy atom. The molecule has 0 aliphatic rings. The fourth-order valence-electron chi connectivity index (χ4n) is 1.84. The summed E-state index contributed by atoms with van der Waals surface area (Å²) in [4.78, 5) is 0.153. The quantitative estimate of drug-likeness (QED) is 0.655. The lowest BCUT2D eigenvalue weighted by Crippen LogP contribution is -2.15. The molecule has 0 amide bonds. The molecular formula is C14H13BrINO3S. The van der Waals surface area contributed by atoms with Crippen molar-refractivity contribution >= 4 is 54.2 Å². The van der Waals surface area contributed by atoms with Gasteiger partial charge in [0.25, 0.3) is 10.0 Å². The van der Waals surface area contributed by atoms with Gasteiger partial charge < -0.3 is 5.11 Å². The topological polar surface area (TPSA) is 66.4 Å². The first kappa shape index (κ1) is 16.7. The molecule has 0 bridgehead atoms. The van der Waals surface area contributed by atoms with Gasteiger partial charge in [-0.15, -0.1) is 0 Å². The summed E-state index contributed by atoms with van der Waals surface area (Å²) in [6, 6.07) is 10.3. The minimum atomic E-state index is -3.71. The van der Waals surface area contributed by atoms with Gasteiger partial charge in [-0.05, 0) is 71.0 Å². The molecule has 21 heavy (non-hydrogen) atoms. The molecule has 0 atom stereocenters. The van der Waals surface area contributed by atoms with E-state index in [1.54, 1.807) is 31.2 Å². The van der Waals surface area contributed by atoms with Crippen molar-refractivity contribution in [3.8, 4) is 0 Å². The smallest absolute Gasteiger partial charge is 0.262 e. The third kappa shape index (κ3) is 3.97. The van der Waals surface area contributed by atoms with Crippen molar-refractivity contribution in [1.82, 2.24) is 0 Å². The average molecular weight is 482 g/mol. The fraction of sp³-hybridized carbons (Fsp3) is 0.143.